The number of fused-ring (bicyclic) bond motifs is 1. The SMILES string of the molecule is CC(C)c1ccc(NC2=CC(=O)c3ccncc3C2=O)cc1. The molecule has 110 valence electrons. The molecule has 4 nitrogen and oxygen atoms in total. The quantitative estimate of drug-likeness (QED) is 0.939. The van der Waals surface area contributed by atoms with E-state index in [2.05, 4.69) is 24.1 Å². The second-order valence-corrected chi connectivity index (χ2v) is 5.57. The number of pyridine rings is 1. The number of rotatable bonds is 3. The molecule has 0 unspecified atom stereocenters. The van der Waals surface area contributed by atoms with Crippen LogP contribution in [0, 0.1) is 0 Å². The van der Waals surface area contributed by atoms with E-state index < -0.39 is 0 Å². The minimum Gasteiger partial charge on any atom is -0.352 e. The van der Waals surface area contributed by atoms with E-state index in [0.29, 0.717) is 17.0 Å². The fraction of sp³-hybridized carbons (Fsp3) is 0.167. The lowest BCUT2D eigenvalue weighted by atomic mass is 9.94. The summed E-state index contributed by atoms with van der Waals surface area (Å²) in [5, 5.41) is 3.03. The second kappa shape index (κ2) is 5.56. The van der Waals surface area contributed by atoms with Crippen molar-refractivity contribution in [2.45, 2.75) is 19.8 Å². The van der Waals surface area contributed by atoms with Gasteiger partial charge in [-0.15, -0.1) is 0 Å². The summed E-state index contributed by atoms with van der Waals surface area (Å²) < 4.78 is 0. The molecule has 4 heteroatoms. The van der Waals surface area contributed by atoms with Crippen LogP contribution < -0.4 is 5.32 Å². The number of hydrogen-bond acceptors (Lipinski definition) is 4. The summed E-state index contributed by atoms with van der Waals surface area (Å²) >= 11 is 0. The fourth-order valence-electron chi connectivity index (χ4n) is 2.41. The second-order valence-electron chi connectivity index (χ2n) is 5.57. The minimum absolute atomic E-state index is 0.182. The van der Waals surface area contributed by atoms with Crippen LogP contribution in [0.25, 0.3) is 0 Å². The highest BCUT2D eigenvalue weighted by molar-refractivity contribution is 6.25. The van der Waals surface area contributed by atoms with Gasteiger partial charge in [-0.25, -0.2) is 0 Å². The Morgan fingerprint density at radius 3 is 2.41 bits per heavy atom. The molecular formula is C18H16N2O2. The van der Waals surface area contributed by atoms with E-state index in [1.807, 2.05) is 24.3 Å². The van der Waals surface area contributed by atoms with E-state index in [9.17, 15) is 9.59 Å². The zero-order valence-corrected chi connectivity index (χ0v) is 12.5. The number of aromatic nitrogens is 1. The molecule has 2 aromatic rings. The maximum atomic E-state index is 12.4. The molecule has 3 rings (SSSR count). The molecular weight excluding hydrogens is 276 g/mol. The van der Waals surface area contributed by atoms with Crippen molar-refractivity contribution in [3.05, 3.63) is 71.2 Å². The predicted molar refractivity (Wildman–Crippen MR) is 85.1 cm³/mol. The van der Waals surface area contributed by atoms with Crippen molar-refractivity contribution in [2.75, 3.05) is 5.32 Å². The molecule has 0 amide bonds. The van der Waals surface area contributed by atoms with Crippen LogP contribution in [0.5, 0.6) is 0 Å². The Kier molecular flexibility index (Phi) is 3.59. The first-order valence-corrected chi connectivity index (χ1v) is 7.18. The summed E-state index contributed by atoms with van der Waals surface area (Å²) in [5.74, 6) is 0.0537. The number of carbonyl (C=O) groups is 2. The minimum atomic E-state index is -0.212. The Balaban J connectivity index is 1.87. The Morgan fingerprint density at radius 2 is 1.73 bits per heavy atom. The predicted octanol–water partition coefficient (Wildman–Crippen LogP) is 3.58. The molecule has 1 aromatic heterocycles. The monoisotopic (exact) mass is 292 g/mol. The lowest BCUT2D eigenvalue weighted by Gasteiger charge is -2.16. The van der Waals surface area contributed by atoms with E-state index in [1.165, 1.54) is 24.0 Å². The van der Waals surface area contributed by atoms with Gasteiger partial charge >= 0.3 is 0 Å². The van der Waals surface area contributed by atoms with Gasteiger partial charge in [-0.2, -0.15) is 0 Å². The van der Waals surface area contributed by atoms with Gasteiger partial charge in [-0.05, 0) is 29.7 Å². The largest absolute Gasteiger partial charge is 0.352 e. The van der Waals surface area contributed by atoms with Gasteiger partial charge in [0.25, 0.3) is 0 Å². The van der Waals surface area contributed by atoms with E-state index in [1.54, 1.807) is 6.07 Å². The number of carbonyl (C=O) groups excluding carboxylic acids is 2. The molecule has 0 atom stereocenters. The van der Waals surface area contributed by atoms with Gasteiger partial charge in [0, 0.05) is 29.7 Å². The van der Waals surface area contributed by atoms with Crippen LogP contribution in [0.15, 0.2) is 54.5 Å². The maximum Gasteiger partial charge on any atom is 0.211 e. The van der Waals surface area contributed by atoms with Crippen LogP contribution >= 0.6 is 0 Å². The van der Waals surface area contributed by atoms with Crippen molar-refractivity contribution >= 4 is 17.3 Å². The highest BCUT2D eigenvalue weighted by Gasteiger charge is 2.25. The van der Waals surface area contributed by atoms with Crippen molar-refractivity contribution < 1.29 is 9.59 Å². The molecule has 1 N–H and O–H groups in total. The molecule has 0 radical (unpaired) electrons. The van der Waals surface area contributed by atoms with Crippen LogP contribution in [-0.2, 0) is 0 Å². The maximum absolute atomic E-state index is 12.4. The number of Topliss-reactive ketones (excluding diaryl/α,β-unsaturated/α-hetero) is 1. The summed E-state index contributed by atoms with van der Waals surface area (Å²) in [6.45, 7) is 4.25. The average molecular weight is 292 g/mol. The molecule has 0 spiro atoms. The zero-order chi connectivity index (χ0) is 15.7. The van der Waals surface area contributed by atoms with Crippen molar-refractivity contribution in [1.82, 2.24) is 4.98 Å². The van der Waals surface area contributed by atoms with Crippen LogP contribution in [0.2, 0.25) is 0 Å². The number of hydrogen-bond donors (Lipinski definition) is 1. The summed E-state index contributed by atoms with van der Waals surface area (Å²) in [7, 11) is 0. The number of ketones is 2. The van der Waals surface area contributed by atoms with Crippen molar-refractivity contribution in [2.24, 2.45) is 0 Å². The van der Waals surface area contributed by atoms with Crippen LogP contribution in [0.4, 0.5) is 5.69 Å². The summed E-state index contributed by atoms with van der Waals surface area (Å²) in [6.07, 6.45) is 4.30. The third-order valence-corrected chi connectivity index (χ3v) is 3.71. The van der Waals surface area contributed by atoms with Crippen molar-refractivity contribution in [1.29, 1.82) is 0 Å². The number of benzene rings is 1. The first kappa shape index (κ1) is 14.2. The number of nitrogens with one attached hydrogen (secondary N) is 1. The molecule has 1 heterocycles. The van der Waals surface area contributed by atoms with Gasteiger partial charge in [0.1, 0.15) is 0 Å². The topological polar surface area (TPSA) is 59.1 Å². The number of anilines is 1. The van der Waals surface area contributed by atoms with Gasteiger partial charge in [0.05, 0.1) is 11.3 Å². The molecule has 1 aromatic carbocycles. The molecule has 0 aliphatic heterocycles. The summed E-state index contributed by atoms with van der Waals surface area (Å²) in [6, 6.07) is 9.41. The molecule has 0 bridgehead atoms. The van der Waals surface area contributed by atoms with Crippen LogP contribution in [-0.4, -0.2) is 16.6 Å². The van der Waals surface area contributed by atoms with Gasteiger partial charge < -0.3 is 5.32 Å². The van der Waals surface area contributed by atoms with Crippen LogP contribution in [0.3, 0.4) is 0 Å². The molecule has 0 saturated carbocycles. The van der Waals surface area contributed by atoms with Gasteiger partial charge in [0.2, 0.25) is 5.78 Å². The standard InChI is InChI=1S/C18H16N2O2/c1-11(2)12-3-5-13(6-4-12)20-16-9-17(21)14-7-8-19-10-15(14)18(16)22/h3-11,20H,1-2H3. The number of nitrogens with zero attached hydrogens (tertiary/aromatic N) is 1. The Morgan fingerprint density at radius 1 is 1.00 bits per heavy atom. The van der Waals surface area contributed by atoms with Gasteiger partial charge in [-0.1, -0.05) is 26.0 Å². The van der Waals surface area contributed by atoms with Gasteiger partial charge in [-0.3, -0.25) is 14.6 Å². The van der Waals surface area contributed by atoms with E-state index in [0.717, 1.165) is 5.69 Å². The van der Waals surface area contributed by atoms with Crippen LogP contribution in [0.1, 0.15) is 46.0 Å². The third-order valence-electron chi connectivity index (χ3n) is 3.71. The smallest absolute Gasteiger partial charge is 0.211 e. The third kappa shape index (κ3) is 2.55. The Hall–Kier alpha value is -2.75. The normalized spacial score (nSPS) is 13.9. The summed E-state index contributed by atoms with van der Waals surface area (Å²) in [4.78, 5) is 28.4. The highest BCUT2D eigenvalue weighted by Crippen LogP contribution is 2.23. The number of allylic oxidation sites excluding steroid dienone is 2. The molecule has 1 aliphatic rings. The highest BCUT2D eigenvalue weighted by atomic mass is 16.1. The van der Waals surface area contributed by atoms with E-state index in [4.69, 9.17) is 0 Å². The first-order chi connectivity index (χ1) is 10.6. The lowest BCUT2D eigenvalue weighted by Crippen LogP contribution is -2.21. The first-order valence-electron chi connectivity index (χ1n) is 7.18. The zero-order valence-electron chi connectivity index (χ0n) is 12.5. The molecule has 22 heavy (non-hydrogen) atoms. The Bertz CT molecular complexity index is 774. The molecule has 0 fully saturated rings. The van der Waals surface area contributed by atoms with Crippen molar-refractivity contribution in [3.63, 3.8) is 0 Å². The molecule has 1 aliphatic carbocycles. The van der Waals surface area contributed by atoms with E-state index in [-0.39, 0.29) is 17.3 Å². The average Bonchev–Trinajstić information content (AvgIpc) is 2.53. The molecule has 0 saturated heterocycles. The Labute approximate surface area is 128 Å². The lowest BCUT2D eigenvalue weighted by molar-refractivity contribution is 0.0985. The van der Waals surface area contributed by atoms with Crippen molar-refractivity contribution in [3.8, 4) is 0 Å². The van der Waals surface area contributed by atoms with E-state index >= 15 is 0 Å². The summed E-state index contributed by atoms with van der Waals surface area (Å²) in [5.41, 5.74) is 3.03. The fourth-order valence-corrected chi connectivity index (χ4v) is 2.41. The van der Waals surface area contributed by atoms with Gasteiger partial charge in [0.15, 0.2) is 5.78 Å².